The number of piperidine rings is 1. The van der Waals surface area contributed by atoms with Crippen LogP contribution in [0.1, 0.15) is 35.3 Å². The molecule has 6 nitrogen and oxygen atoms in total. The molecule has 2 heterocycles. The highest BCUT2D eigenvalue weighted by Crippen LogP contribution is 2.18. The van der Waals surface area contributed by atoms with Crippen molar-refractivity contribution < 1.29 is 9.59 Å². The first-order chi connectivity index (χ1) is 12.1. The van der Waals surface area contributed by atoms with Crippen LogP contribution in [0.15, 0.2) is 42.9 Å². The van der Waals surface area contributed by atoms with E-state index < -0.39 is 0 Å². The van der Waals surface area contributed by atoms with Gasteiger partial charge in [-0.25, -0.2) is 4.98 Å². The average molecular weight is 338 g/mol. The van der Waals surface area contributed by atoms with Crippen molar-refractivity contribution in [2.24, 2.45) is 0 Å². The summed E-state index contributed by atoms with van der Waals surface area (Å²) in [6.07, 6.45) is 7.63. The number of hydrogen-bond donors (Lipinski definition) is 0. The molecule has 1 aromatic carbocycles. The molecular weight excluding hydrogens is 316 g/mol. The van der Waals surface area contributed by atoms with Crippen LogP contribution in [0.5, 0.6) is 0 Å². The Bertz CT molecular complexity index is 725. The molecule has 0 aliphatic carbocycles. The quantitative estimate of drug-likeness (QED) is 0.859. The number of carbonyl (C=O) groups is 2. The fourth-order valence-electron chi connectivity index (χ4n) is 2.93. The molecule has 2 aromatic rings. The maximum absolute atomic E-state index is 12.9. The minimum Gasteiger partial charge on any atom is -0.341 e. The van der Waals surface area contributed by atoms with Crippen molar-refractivity contribution in [3.05, 3.63) is 54.1 Å². The summed E-state index contributed by atoms with van der Waals surface area (Å²) in [6.45, 7) is 3.52. The molecule has 1 aliphatic heterocycles. The summed E-state index contributed by atoms with van der Waals surface area (Å²) in [5, 5.41) is 0. The lowest BCUT2D eigenvalue weighted by atomic mass is 10.1. The molecule has 0 bridgehead atoms. The van der Waals surface area contributed by atoms with Gasteiger partial charge >= 0.3 is 0 Å². The molecule has 25 heavy (non-hydrogen) atoms. The van der Waals surface area contributed by atoms with Gasteiger partial charge in [0.15, 0.2) is 0 Å². The van der Waals surface area contributed by atoms with Gasteiger partial charge in [0.25, 0.3) is 5.91 Å². The average Bonchev–Trinajstić information content (AvgIpc) is 2.67. The Morgan fingerprint density at radius 1 is 1.08 bits per heavy atom. The van der Waals surface area contributed by atoms with Gasteiger partial charge in [0.2, 0.25) is 5.91 Å². The molecule has 0 spiro atoms. The number of hydrogen-bond acceptors (Lipinski definition) is 4. The molecule has 0 N–H and O–H groups in total. The van der Waals surface area contributed by atoms with Gasteiger partial charge in [-0.1, -0.05) is 17.7 Å². The Labute approximate surface area is 147 Å². The van der Waals surface area contributed by atoms with Crippen LogP contribution in [-0.2, 0) is 4.79 Å². The number of anilines is 1. The van der Waals surface area contributed by atoms with E-state index in [4.69, 9.17) is 0 Å². The fourth-order valence-corrected chi connectivity index (χ4v) is 2.93. The zero-order chi connectivity index (χ0) is 17.6. The van der Waals surface area contributed by atoms with Crippen molar-refractivity contribution >= 4 is 17.5 Å². The second-order valence-corrected chi connectivity index (χ2v) is 6.26. The first-order valence-corrected chi connectivity index (χ1v) is 8.57. The Balaban J connectivity index is 1.84. The highest BCUT2D eigenvalue weighted by atomic mass is 16.2. The number of aromatic nitrogens is 2. The normalized spacial score (nSPS) is 14.2. The first kappa shape index (κ1) is 17.1. The molecule has 1 aromatic heterocycles. The minimum absolute atomic E-state index is 0.0124. The van der Waals surface area contributed by atoms with Gasteiger partial charge in [-0.2, -0.15) is 0 Å². The molecule has 1 aliphatic rings. The van der Waals surface area contributed by atoms with Gasteiger partial charge in [-0.05, 0) is 38.3 Å². The summed E-state index contributed by atoms with van der Waals surface area (Å²) in [6, 6.07) is 7.56. The van der Waals surface area contributed by atoms with E-state index in [1.54, 1.807) is 0 Å². The highest BCUT2D eigenvalue weighted by Gasteiger charge is 2.25. The Morgan fingerprint density at radius 3 is 2.44 bits per heavy atom. The van der Waals surface area contributed by atoms with Crippen molar-refractivity contribution in [1.29, 1.82) is 0 Å². The summed E-state index contributed by atoms with van der Waals surface area (Å²) in [7, 11) is 0. The predicted octanol–water partition coefficient (Wildman–Crippen LogP) is 2.44. The summed E-state index contributed by atoms with van der Waals surface area (Å²) in [5.74, 6) is -0.347. The fraction of sp³-hybridized carbons (Fsp3) is 0.368. The van der Waals surface area contributed by atoms with Crippen LogP contribution in [0.25, 0.3) is 0 Å². The minimum atomic E-state index is -0.317. The zero-order valence-electron chi connectivity index (χ0n) is 14.4. The van der Waals surface area contributed by atoms with Crippen molar-refractivity contribution in [1.82, 2.24) is 14.9 Å². The maximum Gasteiger partial charge on any atom is 0.278 e. The molecule has 6 heteroatoms. The summed E-state index contributed by atoms with van der Waals surface area (Å²) in [4.78, 5) is 37.0. The second-order valence-electron chi connectivity index (χ2n) is 6.26. The number of nitrogens with zero attached hydrogens (tertiary/aromatic N) is 4. The van der Waals surface area contributed by atoms with E-state index >= 15 is 0 Å². The lowest BCUT2D eigenvalue weighted by Gasteiger charge is -2.30. The molecule has 1 saturated heterocycles. The number of rotatable bonds is 4. The molecule has 2 amide bonds. The standard InChI is InChI=1S/C19H22N4O2/c1-15-5-7-16(8-6-15)23(19(25)17-13-20-9-10-21-17)14-18(24)22-11-3-2-4-12-22/h5-10,13H,2-4,11-12,14H2,1H3. The van der Waals surface area contributed by atoms with E-state index in [0.29, 0.717) is 5.69 Å². The number of amides is 2. The third kappa shape index (κ3) is 4.21. The number of benzene rings is 1. The zero-order valence-corrected chi connectivity index (χ0v) is 14.4. The van der Waals surface area contributed by atoms with Crippen LogP contribution in [0.3, 0.4) is 0 Å². The van der Waals surface area contributed by atoms with Crippen LogP contribution in [-0.4, -0.2) is 46.3 Å². The SMILES string of the molecule is Cc1ccc(N(CC(=O)N2CCCCC2)C(=O)c2cnccn2)cc1. The van der Waals surface area contributed by atoms with Gasteiger partial charge in [-0.15, -0.1) is 0 Å². The first-order valence-electron chi connectivity index (χ1n) is 8.57. The molecule has 0 unspecified atom stereocenters. The Kier molecular flexibility index (Phi) is 5.38. The number of aryl methyl sites for hydroxylation is 1. The van der Waals surface area contributed by atoms with Gasteiger partial charge in [0, 0.05) is 31.2 Å². The van der Waals surface area contributed by atoms with Crippen LogP contribution in [0, 0.1) is 6.92 Å². The number of carbonyl (C=O) groups excluding carboxylic acids is 2. The molecule has 130 valence electrons. The van der Waals surface area contributed by atoms with Gasteiger partial charge < -0.3 is 4.90 Å². The topological polar surface area (TPSA) is 66.4 Å². The van der Waals surface area contributed by atoms with Crippen molar-refractivity contribution in [3.63, 3.8) is 0 Å². The molecular formula is C19H22N4O2. The maximum atomic E-state index is 12.9. The largest absolute Gasteiger partial charge is 0.341 e. The highest BCUT2D eigenvalue weighted by molar-refractivity contribution is 6.07. The van der Waals surface area contributed by atoms with E-state index in [1.807, 2.05) is 36.1 Å². The van der Waals surface area contributed by atoms with Crippen molar-refractivity contribution in [2.45, 2.75) is 26.2 Å². The van der Waals surface area contributed by atoms with Gasteiger partial charge in [-0.3, -0.25) is 19.5 Å². The van der Waals surface area contributed by atoms with Crippen molar-refractivity contribution in [3.8, 4) is 0 Å². The van der Waals surface area contributed by atoms with Crippen LogP contribution in [0.2, 0.25) is 0 Å². The number of likely N-dealkylation sites (tertiary alicyclic amines) is 1. The van der Waals surface area contributed by atoms with Crippen molar-refractivity contribution in [2.75, 3.05) is 24.5 Å². The second kappa shape index (κ2) is 7.88. The van der Waals surface area contributed by atoms with E-state index in [9.17, 15) is 9.59 Å². The molecule has 1 fully saturated rings. The van der Waals surface area contributed by atoms with E-state index in [1.165, 1.54) is 23.5 Å². The van der Waals surface area contributed by atoms with Gasteiger partial charge in [0.1, 0.15) is 12.2 Å². The summed E-state index contributed by atoms with van der Waals surface area (Å²) >= 11 is 0. The predicted molar refractivity (Wildman–Crippen MR) is 95.3 cm³/mol. The van der Waals surface area contributed by atoms with Crippen LogP contribution >= 0.6 is 0 Å². The Hall–Kier alpha value is -2.76. The van der Waals surface area contributed by atoms with E-state index in [2.05, 4.69) is 9.97 Å². The monoisotopic (exact) mass is 338 g/mol. The van der Waals surface area contributed by atoms with Crippen LogP contribution < -0.4 is 4.90 Å². The molecule has 0 saturated carbocycles. The lowest BCUT2D eigenvalue weighted by molar-refractivity contribution is -0.130. The lowest BCUT2D eigenvalue weighted by Crippen LogP contribution is -2.45. The molecule has 3 rings (SSSR count). The van der Waals surface area contributed by atoms with E-state index in [-0.39, 0.29) is 24.1 Å². The summed E-state index contributed by atoms with van der Waals surface area (Å²) in [5.41, 5.74) is 2.01. The Morgan fingerprint density at radius 2 is 1.80 bits per heavy atom. The van der Waals surface area contributed by atoms with Gasteiger partial charge in [0.05, 0.1) is 6.20 Å². The third-order valence-electron chi connectivity index (χ3n) is 4.38. The van der Waals surface area contributed by atoms with Crippen LogP contribution in [0.4, 0.5) is 5.69 Å². The third-order valence-corrected chi connectivity index (χ3v) is 4.38. The molecule has 0 radical (unpaired) electrons. The summed E-state index contributed by atoms with van der Waals surface area (Å²) < 4.78 is 0. The van der Waals surface area contributed by atoms with E-state index in [0.717, 1.165) is 37.9 Å². The molecule has 0 atom stereocenters. The smallest absolute Gasteiger partial charge is 0.278 e.